The number of fused-ring (bicyclic) bond motifs is 1. The largest absolute Gasteiger partial charge is 0.486 e. The number of piperazine rings is 1. The van der Waals surface area contributed by atoms with Crippen LogP contribution in [0.25, 0.3) is 0 Å². The SMILES string of the molecule is O=C(CN1CCN(Cc2ccc3c(c2)OCCO3)CC1)NCc1ccccc1. The predicted octanol–water partition coefficient (Wildman–Crippen LogP) is 1.89. The minimum atomic E-state index is 0.0872. The zero-order chi connectivity index (χ0) is 19.2. The molecule has 2 aliphatic heterocycles. The summed E-state index contributed by atoms with van der Waals surface area (Å²) in [6.07, 6.45) is 0. The second-order valence-electron chi connectivity index (χ2n) is 7.29. The maximum absolute atomic E-state index is 12.2. The molecule has 28 heavy (non-hydrogen) atoms. The third-order valence-electron chi connectivity index (χ3n) is 5.18. The maximum atomic E-state index is 12.2. The molecular weight excluding hydrogens is 354 g/mol. The summed E-state index contributed by atoms with van der Waals surface area (Å²) >= 11 is 0. The molecule has 0 saturated carbocycles. The molecule has 1 amide bonds. The van der Waals surface area contributed by atoms with Gasteiger partial charge in [-0.05, 0) is 23.3 Å². The van der Waals surface area contributed by atoms with Gasteiger partial charge in [0.25, 0.3) is 0 Å². The summed E-state index contributed by atoms with van der Waals surface area (Å²) in [7, 11) is 0. The average molecular weight is 381 g/mol. The van der Waals surface area contributed by atoms with Gasteiger partial charge in [0.1, 0.15) is 13.2 Å². The molecule has 0 aliphatic carbocycles. The van der Waals surface area contributed by atoms with Gasteiger partial charge in [0.2, 0.25) is 5.91 Å². The van der Waals surface area contributed by atoms with Crippen molar-refractivity contribution < 1.29 is 14.3 Å². The monoisotopic (exact) mass is 381 g/mol. The zero-order valence-electron chi connectivity index (χ0n) is 16.1. The highest BCUT2D eigenvalue weighted by molar-refractivity contribution is 5.78. The number of hydrogen-bond acceptors (Lipinski definition) is 5. The number of benzene rings is 2. The number of nitrogens with one attached hydrogen (secondary N) is 1. The van der Waals surface area contributed by atoms with Gasteiger partial charge < -0.3 is 14.8 Å². The number of carbonyl (C=O) groups is 1. The standard InChI is InChI=1S/C22H27N3O3/c26-22(23-15-18-4-2-1-3-5-18)17-25-10-8-24(9-11-25)16-19-6-7-20-21(14-19)28-13-12-27-20/h1-7,14H,8-13,15-17H2,(H,23,26). The Labute approximate surface area is 166 Å². The molecule has 1 fully saturated rings. The Hall–Kier alpha value is -2.57. The molecule has 2 aromatic carbocycles. The van der Waals surface area contributed by atoms with E-state index in [0.717, 1.165) is 49.8 Å². The third kappa shape index (κ3) is 5.03. The highest BCUT2D eigenvalue weighted by Gasteiger charge is 2.20. The number of amides is 1. The fourth-order valence-corrected chi connectivity index (χ4v) is 3.61. The second kappa shape index (κ2) is 9.08. The Morgan fingerprint density at radius 1 is 0.857 bits per heavy atom. The van der Waals surface area contributed by atoms with Gasteiger partial charge in [-0.15, -0.1) is 0 Å². The molecule has 2 heterocycles. The van der Waals surface area contributed by atoms with Gasteiger partial charge in [-0.25, -0.2) is 0 Å². The maximum Gasteiger partial charge on any atom is 0.234 e. The van der Waals surface area contributed by atoms with Crippen LogP contribution >= 0.6 is 0 Å². The molecule has 0 atom stereocenters. The van der Waals surface area contributed by atoms with Crippen molar-refractivity contribution in [2.45, 2.75) is 13.1 Å². The summed E-state index contributed by atoms with van der Waals surface area (Å²) in [5.41, 5.74) is 2.36. The summed E-state index contributed by atoms with van der Waals surface area (Å²) in [4.78, 5) is 16.8. The van der Waals surface area contributed by atoms with Crippen molar-refractivity contribution in [2.24, 2.45) is 0 Å². The summed E-state index contributed by atoms with van der Waals surface area (Å²) in [5.74, 6) is 1.77. The van der Waals surface area contributed by atoms with E-state index in [9.17, 15) is 4.79 Å². The molecule has 1 saturated heterocycles. The number of nitrogens with zero attached hydrogens (tertiary/aromatic N) is 2. The molecule has 0 bridgehead atoms. The van der Waals surface area contributed by atoms with Crippen LogP contribution in [0.2, 0.25) is 0 Å². The Kier molecular flexibility index (Phi) is 6.09. The van der Waals surface area contributed by atoms with E-state index < -0.39 is 0 Å². The molecule has 148 valence electrons. The van der Waals surface area contributed by atoms with Gasteiger partial charge in [-0.1, -0.05) is 36.4 Å². The van der Waals surface area contributed by atoms with E-state index in [1.54, 1.807) is 0 Å². The lowest BCUT2D eigenvalue weighted by molar-refractivity contribution is -0.122. The van der Waals surface area contributed by atoms with Crippen molar-refractivity contribution >= 4 is 5.91 Å². The molecule has 6 nitrogen and oxygen atoms in total. The lowest BCUT2D eigenvalue weighted by Crippen LogP contribution is -2.49. The third-order valence-corrected chi connectivity index (χ3v) is 5.18. The van der Waals surface area contributed by atoms with E-state index >= 15 is 0 Å². The fourth-order valence-electron chi connectivity index (χ4n) is 3.61. The van der Waals surface area contributed by atoms with Crippen molar-refractivity contribution in [1.29, 1.82) is 0 Å². The predicted molar refractivity (Wildman–Crippen MR) is 107 cm³/mol. The van der Waals surface area contributed by atoms with Crippen LogP contribution in [0.15, 0.2) is 48.5 Å². The van der Waals surface area contributed by atoms with Crippen molar-refractivity contribution in [3.05, 3.63) is 59.7 Å². The molecule has 4 rings (SSSR count). The van der Waals surface area contributed by atoms with Gasteiger partial charge in [-0.2, -0.15) is 0 Å². The first-order valence-electron chi connectivity index (χ1n) is 9.90. The van der Waals surface area contributed by atoms with Crippen molar-refractivity contribution in [3.8, 4) is 11.5 Å². The smallest absolute Gasteiger partial charge is 0.234 e. The Morgan fingerprint density at radius 3 is 2.36 bits per heavy atom. The first-order chi connectivity index (χ1) is 13.8. The Balaban J connectivity index is 1.20. The van der Waals surface area contributed by atoms with Crippen LogP contribution in [0.4, 0.5) is 0 Å². The minimum absolute atomic E-state index is 0.0872. The number of carbonyl (C=O) groups excluding carboxylic acids is 1. The number of rotatable bonds is 6. The summed E-state index contributed by atoms with van der Waals surface area (Å²) in [5, 5.41) is 3.01. The van der Waals surface area contributed by atoms with E-state index in [2.05, 4.69) is 27.2 Å². The average Bonchev–Trinajstić information content (AvgIpc) is 2.74. The molecule has 6 heteroatoms. The van der Waals surface area contributed by atoms with Gasteiger partial charge in [0.05, 0.1) is 6.54 Å². The van der Waals surface area contributed by atoms with E-state index in [1.807, 2.05) is 36.4 Å². The highest BCUT2D eigenvalue weighted by Crippen LogP contribution is 2.31. The zero-order valence-corrected chi connectivity index (χ0v) is 16.1. The second-order valence-corrected chi connectivity index (χ2v) is 7.29. The van der Waals surface area contributed by atoms with E-state index in [4.69, 9.17) is 9.47 Å². The van der Waals surface area contributed by atoms with Crippen molar-refractivity contribution in [2.75, 3.05) is 45.9 Å². The first-order valence-corrected chi connectivity index (χ1v) is 9.90. The number of ether oxygens (including phenoxy) is 2. The van der Waals surface area contributed by atoms with E-state index in [1.165, 1.54) is 5.56 Å². The molecule has 1 N–H and O–H groups in total. The van der Waals surface area contributed by atoms with Crippen LogP contribution in [0.3, 0.4) is 0 Å². The molecule has 0 unspecified atom stereocenters. The van der Waals surface area contributed by atoms with Crippen LogP contribution in [-0.4, -0.2) is 61.6 Å². The topological polar surface area (TPSA) is 54.0 Å². The van der Waals surface area contributed by atoms with Gasteiger partial charge in [0.15, 0.2) is 11.5 Å². The number of hydrogen-bond donors (Lipinski definition) is 1. The van der Waals surface area contributed by atoms with E-state index in [0.29, 0.717) is 26.3 Å². The molecule has 2 aliphatic rings. The lowest BCUT2D eigenvalue weighted by atomic mass is 10.1. The van der Waals surface area contributed by atoms with Crippen LogP contribution in [0, 0.1) is 0 Å². The van der Waals surface area contributed by atoms with E-state index in [-0.39, 0.29) is 5.91 Å². The summed E-state index contributed by atoms with van der Waals surface area (Å²) < 4.78 is 11.3. The molecular formula is C22H27N3O3. The summed E-state index contributed by atoms with van der Waals surface area (Å²) in [6, 6.07) is 16.2. The van der Waals surface area contributed by atoms with Gasteiger partial charge in [0, 0.05) is 39.3 Å². The van der Waals surface area contributed by atoms with Crippen LogP contribution < -0.4 is 14.8 Å². The molecule has 0 aromatic heterocycles. The fraction of sp³-hybridized carbons (Fsp3) is 0.409. The highest BCUT2D eigenvalue weighted by atomic mass is 16.6. The van der Waals surface area contributed by atoms with Crippen LogP contribution in [0.5, 0.6) is 11.5 Å². The lowest BCUT2D eigenvalue weighted by Gasteiger charge is -2.34. The molecule has 2 aromatic rings. The van der Waals surface area contributed by atoms with Crippen LogP contribution in [-0.2, 0) is 17.9 Å². The minimum Gasteiger partial charge on any atom is -0.486 e. The Morgan fingerprint density at radius 2 is 1.57 bits per heavy atom. The van der Waals surface area contributed by atoms with Gasteiger partial charge >= 0.3 is 0 Å². The quantitative estimate of drug-likeness (QED) is 0.828. The molecule has 0 radical (unpaired) electrons. The summed E-state index contributed by atoms with van der Waals surface area (Å²) in [6.45, 7) is 6.90. The normalized spacial score (nSPS) is 17.3. The van der Waals surface area contributed by atoms with Crippen molar-refractivity contribution in [3.63, 3.8) is 0 Å². The van der Waals surface area contributed by atoms with Crippen LogP contribution in [0.1, 0.15) is 11.1 Å². The van der Waals surface area contributed by atoms with Crippen molar-refractivity contribution in [1.82, 2.24) is 15.1 Å². The molecule has 0 spiro atoms. The Bertz CT molecular complexity index is 789. The first kappa shape index (κ1) is 18.8. The van der Waals surface area contributed by atoms with Gasteiger partial charge in [-0.3, -0.25) is 14.6 Å².